The zero-order valence-corrected chi connectivity index (χ0v) is 12.0. The molecule has 6 nitrogen and oxygen atoms in total. The monoisotopic (exact) mass is 288 g/mol. The summed E-state index contributed by atoms with van der Waals surface area (Å²) in [6.07, 6.45) is 3.86. The first-order valence-corrected chi connectivity index (χ1v) is 6.81. The maximum absolute atomic E-state index is 12.0. The van der Waals surface area contributed by atoms with Crippen LogP contribution in [-0.4, -0.2) is 35.4 Å². The topological polar surface area (TPSA) is 82.2 Å². The number of aromatic nitrogens is 2. The van der Waals surface area contributed by atoms with E-state index < -0.39 is 6.04 Å². The second kappa shape index (κ2) is 7.56. The predicted molar refractivity (Wildman–Crippen MR) is 80.9 cm³/mol. The van der Waals surface area contributed by atoms with E-state index in [1.165, 1.54) is 0 Å². The van der Waals surface area contributed by atoms with Gasteiger partial charge < -0.3 is 15.8 Å². The predicted octanol–water partition coefficient (Wildman–Crippen LogP) is 1.04. The van der Waals surface area contributed by atoms with Crippen LogP contribution in [0.2, 0.25) is 0 Å². The van der Waals surface area contributed by atoms with Crippen LogP contribution < -0.4 is 11.1 Å². The molecule has 0 fully saturated rings. The van der Waals surface area contributed by atoms with Crippen LogP contribution in [0.1, 0.15) is 5.56 Å². The van der Waals surface area contributed by atoms with Crippen molar-refractivity contribution in [1.29, 1.82) is 0 Å². The molecular formula is C15H20N4O2. The average molecular weight is 288 g/mol. The fourth-order valence-corrected chi connectivity index (χ4v) is 1.93. The van der Waals surface area contributed by atoms with Crippen LogP contribution in [0.3, 0.4) is 0 Å². The van der Waals surface area contributed by atoms with Crippen LogP contribution in [0.4, 0.5) is 5.69 Å². The molecule has 0 aliphatic carbocycles. The Balaban J connectivity index is 1.87. The third-order valence-corrected chi connectivity index (χ3v) is 3.06. The quantitative estimate of drug-likeness (QED) is 0.797. The normalized spacial score (nSPS) is 12.1. The second-order valence-corrected chi connectivity index (χ2v) is 4.77. The van der Waals surface area contributed by atoms with Gasteiger partial charge in [0.2, 0.25) is 5.91 Å². The van der Waals surface area contributed by atoms with Crippen molar-refractivity contribution in [2.24, 2.45) is 5.73 Å². The number of nitrogens with one attached hydrogen (secondary N) is 1. The number of benzene rings is 1. The van der Waals surface area contributed by atoms with Gasteiger partial charge in [-0.1, -0.05) is 30.3 Å². The van der Waals surface area contributed by atoms with Gasteiger partial charge in [0.1, 0.15) is 0 Å². The maximum Gasteiger partial charge on any atom is 0.241 e. The van der Waals surface area contributed by atoms with E-state index in [2.05, 4.69) is 10.4 Å². The fourth-order valence-electron chi connectivity index (χ4n) is 1.93. The van der Waals surface area contributed by atoms with E-state index in [1.54, 1.807) is 24.2 Å². The lowest BCUT2D eigenvalue weighted by Crippen LogP contribution is -2.37. The number of amides is 1. The van der Waals surface area contributed by atoms with Crippen LogP contribution in [0.15, 0.2) is 42.7 Å². The molecule has 2 aromatic rings. The molecule has 0 aliphatic rings. The summed E-state index contributed by atoms with van der Waals surface area (Å²) in [4.78, 5) is 12.0. The third-order valence-electron chi connectivity index (χ3n) is 3.06. The molecule has 2 rings (SSSR count). The van der Waals surface area contributed by atoms with Crippen molar-refractivity contribution in [2.75, 3.05) is 19.0 Å². The molecule has 6 heteroatoms. The summed E-state index contributed by atoms with van der Waals surface area (Å²) in [5.41, 5.74) is 7.60. The van der Waals surface area contributed by atoms with E-state index in [4.69, 9.17) is 10.5 Å². The number of carbonyl (C=O) groups is 1. The Labute approximate surface area is 123 Å². The number of hydrogen-bond acceptors (Lipinski definition) is 4. The molecule has 0 bridgehead atoms. The zero-order valence-electron chi connectivity index (χ0n) is 12.0. The fraction of sp³-hybridized carbons (Fsp3) is 0.333. The number of anilines is 1. The Kier molecular flexibility index (Phi) is 5.48. The third kappa shape index (κ3) is 4.70. The lowest BCUT2D eigenvalue weighted by atomic mass is 10.1. The van der Waals surface area contributed by atoms with Crippen molar-refractivity contribution in [1.82, 2.24) is 9.78 Å². The molecule has 0 radical (unpaired) electrons. The Morgan fingerprint density at radius 2 is 2.19 bits per heavy atom. The van der Waals surface area contributed by atoms with Gasteiger partial charge in [-0.25, -0.2) is 0 Å². The van der Waals surface area contributed by atoms with Gasteiger partial charge in [-0.3, -0.25) is 9.48 Å². The first-order chi connectivity index (χ1) is 10.2. The molecule has 21 heavy (non-hydrogen) atoms. The van der Waals surface area contributed by atoms with E-state index in [1.807, 2.05) is 30.3 Å². The SMILES string of the molecule is COCCn1cc(NC(=O)[C@H](N)Cc2ccccc2)cn1. The molecule has 1 atom stereocenters. The van der Waals surface area contributed by atoms with Crippen molar-refractivity contribution < 1.29 is 9.53 Å². The molecule has 0 saturated heterocycles. The van der Waals surface area contributed by atoms with E-state index >= 15 is 0 Å². The standard InChI is InChI=1S/C15H20N4O2/c1-21-8-7-19-11-13(10-17-19)18-15(20)14(16)9-12-5-3-2-4-6-12/h2-6,10-11,14H,7-9,16H2,1H3,(H,18,20)/t14-/m1/s1. The first kappa shape index (κ1) is 15.2. The number of carbonyl (C=O) groups excluding carboxylic acids is 1. The molecule has 0 unspecified atom stereocenters. The van der Waals surface area contributed by atoms with Gasteiger partial charge in [0.25, 0.3) is 0 Å². The van der Waals surface area contributed by atoms with E-state index in [0.29, 0.717) is 25.3 Å². The van der Waals surface area contributed by atoms with Gasteiger partial charge in [0, 0.05) is 13.3 Å². The van der Waals surface area contributed by atoms with E-state index in [-0.39, 0.29) is 5.91 Å². The summed E-state index contributed by atoms with van der Waals surface area (Å²) in [7, 11) is 1.63. The summed E-state index contributed by atoms with van der Waals surface area (Å²) in [5, 5.41) is 6.90. The van der Waals surface area contributed by atoms with Crippen molar-refractivity contribution in [3.05, 3.63) is 48.3 Å². The summed E-state index contributed by atoms with van der Waals surface area (Å²) < 4.78 is 6.68. The highest BCUT2D eigenvalue weighted by Crippen LogP contribution is 2.07. The van der Waals surface area contributed by atoms with Gasteiger partial charge in [-0.2, -0.15) is 5.10 Å². The Morgan fingerprint density at radius 3 is 2.90 bits per heavy atom. The van der Waals surface area contributed by atoms with Gasteiger partial charge in [-0.05, 0) is 12.0 Å². The van der Waals surface area contributed by atoms with Gasteiger partial charge in [-0.15, -0.1) is 0 Å². The van der Waals surface area contributed by atoms with Crippen molar-refractivity contribution in [3.63, 3.8) is 0 Å². The van der Waals surface area contributed by atoms with E-state index in [0.717, 1.165) is 5.56 Å². The van der Waals surface area contributed by atoms with Crippen LogP contribution in [-0.2, 0) is 22.5 Å². The van der Waals surface area contributed by atoms with Crippen molar-refractivity contribution in [3.8, 4) is 0 Å². The maximum atomic E-state index is 12.0. The Bertz CT molecular complexity index is 568. The summed E-state index contributed by atoms with van der Waals surface area (Å²) >= 11 is 0. The summed E-state index contributed by atoms with van der Waals surface area (Å²) in [6, 6.07) is 9.12. The number of methoxy groups -OCH3 is 1. The Morgan fingerprint density at radius 1 is 1.43 bits per heavy atom. The molecule has 1 aromatic heterocycles. The number of nitrogens with zero attached hydrogens (tertiary/aromatic N) is 2. The highest BCUT2D eigenvalue weighted by Gasteiger charge is 2.14. The lowest BCUT2D eigenvalue weighted by molar-refractivity contribution is -0.117. The molecule has 0 spiro atoms. The summed E-state index contributed by atoms with van der Waals surface area (Å²) in [5.74, 6) is -0.217. The highest BCUT2D eigenvalue weighted by atomic mass is 16.5. The Hall–Kier alpha value is -2.18. The molecule has 0 aliphatic heterocycles. The molecule has 0 saturated carbocycles. The molecule has 1 amide bonds. The highest BCUT2D eigenvalue weighted by molar-refractivity contribution is 5.94. The van der Waals surface area contributed by atoms with Gasteiger partial charge in [0.15, 0.2) is 0 Å². The van der Waals surface area contributed by atoms with Crippen molar-refractivity contribution >= 4 is 11.6 Å². The smallest absolute Gasteiger partial charge is 0.241 e. The molecular weight excluding hydrogens is 268 g/mol. The number of rotatable bonds is 7. The molecule has 1 aromatic carbocycles. The molecule has 1 heterocycles. The minimum Gasteiger partial charge on any atom is -0.383 e. The largest absolute Gasteiger partial charge is 0.383 e. The van der Waals surface area contributed by atoms with Gasteiger partial charge in [0.05, 0.1) is 31.1 Å². The van der Waals surface area contributed by atoms with Crippen molar-refractivity contribution in [2.45, 2.75) is 19.0 Å². The van der Waals surface area contributed by atoms with Crippen LogP contribution in [0.25, 0.3) is 0 Å². The molecule has 3 N–H and O–H groups in total. The number of hydrogen-bond donors (Lipinski definition) is 2. The minimum atomic E-state index is -0.588. The minimum absolute atomic E-state index is 0.217. The first-order valence-electron chi connectivity index (χ1n) is 6.81. The number of ether oxygens (including phenoxy) is 1. The van der Waals surface area contributed by atoms with Crippen LogP contribution >= 0.6 is 0 Å². The molecule has 112 valence electrons. The zero-order chi connectivity index (χ0) is 15.1. The van der Waals surface area contributed by atoms with Crippen LogP contribution in [0.5, 0.6) is 0 Å². The van der Waals surface area contributed by atoms with E-state index in [9.17, 15) is 4.79 Å². The average Bonchev–Trinajstić information content (AvgIpc) is 2.93. The van der Waals surface area contributed by atoms with Gasteiger partial charge >= 0.3 is 0 Å². The van der Waals surface area contributed by atoms with Crippen LogP contribution in [0, 0.1) is 0 Å². The summed E-state index contributed by atoms with van der Waals surface area (Å²) in [6.45, 7) is 1.21. The second-order valence-electron chi connectivity index (χ2n) is 4.77. The number of nitrogens with two attached hydrogens (primary N) is 1. The lowest BCUT2D eigenvalue weighted by Gasteiger charge is -2.11.